The van der Waals surface area contributed by atoms with Crippen LogP contribution in [0.4, 0.5) is 0 Å². The number of hydrogen-bond donors (Lipinski definition) is 2. The highest BCUT2D eigenvalue weighted by Gasteiger charge is 2.23. The van der Waals surface area contributed by atoms with Crippen molar-refractivity contribution in [2.45, 2.75) is 24.1 Å². The van der Waals surface area contributed by atoms with Crippen LogP contribution < -0.4 is 5.32 Å². The minimum atomic E-state index is -0.265. The quantitative estimate of drug-likeness (QED) is 0.805. The van der Waals surface area contributed by atoms with Gasteiger partial charge in [-0.25, -0.2) is 0 Å². The summed E-state index contributed by atoms with van der Waals surface area (Å²) >= 11 is 4.41. The van der Waals surface area contributed by atoms with Crippen LogP contribution in [0.1, 0.15) is 12.0 Å². The van der Waals surface area contributed by atoms with Crippen LogP contribution in [0.15, 0.2) is 30.3 Å². The number of rotatable bonds is 4. The second-order valence-corrected chi connectivity index (χ2v) is 5.59. The van der Waals surface area contributed by atoms with Gasteiger partial charge in [-0.2, -0.15) is 12.6 Å². The summed E-state index contributed by atoms with van der Waals surface area (Å²) in [5, 5.41) is 2.81. The van der Waals surface area contributed by atoms with Gasteiger partial charge in [0.15, 0.2) is 0 Å². The molecule has 2 rings (SSSR count). The minimum Gasteiger partial charge on any atom is -0.351 e. The predicted molar refractivity (Wildman–Crippen MR) is 77.0 cm³/mol. The zero-order valence-corrected chi connectivity index (χ0v) is 11.6. The zero-order valence-electron chi connectivity index (χ0n) is 10.7. The Labute approximate surface area is 114 Å². The lowest BCUT2D eigenvalue weighted by molar-refractivity contribution is -0.121. The number of likely N-dealkylation sites (tertiary alicyclic amines) is 1. The molecule has 1 N–H and O–H groups in total. The summed E-state index contributed by atoms with van der Waals surface area (Å²) in [5.74, 6) is 0.0440. The fraction of sp³-hybridized carbons (Fsp3) is 0.500. The van der Waals surface area contributed by atoms with Gasteiger partial charge in [0, 0.05) is 12.6 Å². The van der Waals surface area contributed by atoms with Crippen LogP contribution >= 0.6 is 12.6 Å². The van der Waals surface area contributed by atoms with E-state index in [2.05, 4.69) is 29.9 Å². The van der Waals surface area contributed by atoms with Crippen molar-refractivity contribution < 1.29 is 4.79 Å². The van der Waals surface area contributed by atoms with Gasteiger partial charge in [0.2, 0.25) is 5.91 Å². The molecule has 3 nitrogen and oxygen atoms in total. The van der Waals surface area contributed by atoms with Gasteiger partial charge in [-0.1, -0.05) is 30.3 Å². The Kier molecular flexibility index (Phi) is 4.66. The number of carbonyl (C=O) groups excluding carboxylic acids is 1. The average molecular weight is 264 g/mol. The topological polar surface area (TPSA) is 32.3 Å². The van der Waals surface area contributed by atoms with Crippen LogP contribution in [-0.4, -0.2) is 42.2 Å². The van der Waals surface area contributed by atoms with Gasteiger partial charge in [-0.3, -0.25) is 4.79 Å². The zero-order chi connectivity index (χ0) is 13.0. The van der Waals surface area contributed by atoms with Crippen molar-refractivity contribution in [3.05, 3.63) is 35.9 Å². The molecule has 1 fully saturated rings. The van der Waals surface area contributed by atoms with Gasteiger partial charge in [-0.15, -0.1) is 0 Å². The molecule has 4 heteroatoms. The maximum atomic E-state index is 12.0. The first-order valence-electron chi connectivity index (χ1n) is 6.36. The molecule has 1 aliphatic rings. The summed E-state index contributed by atoms with van der Waals surface area (Å²) in [6, 6.07) is 10.3. The van der Waals surface area contributed by atoms with Gasteiger partial charge >= 0.3 is 0 Å². The third-order valence-corrected chi connectivity index (χ3v) is 3.73. The van der Waals surface area contributed by atoms with Crippen LogP contribution in [0.5, 0.6) is 0 Å². The molecule has 1 aliphatic heterocycles. The molecule has 0 bridgehead atoms. The molecule has 0 spiro atoms. The SMILES string of the molecule is CN1CCC(NC(=O)C(S)Cc2ccccc2)C1. The van der Waals surface area contributed by atoms with Gasteiger partial charge in [0.05, 0.1) is 5.25 Å². The van der Waals surface area contributed by atoms with E-state index in [0.717, 1.165) is 25.1 Å². The van der Waals surface area contributed by atoms with E-state index >= 15 is 0 Å². The second kappa shape index (κ2) is 6.25. The molecule has 2 unspecified atom stereocenters. The van der Waals surface area contributed by atoms with Crippen molar-refractivity contribution in [3.63, 3.8) is 0 Å². The van der Waals surface area contributed by atoms with E-state index in [9.17, 15) is 4.79 Å². The molecule has 1 aromatic carbocycles. The molecule has 0 aromatic heterocycles. The van der Waals surface area contributed by atoms with Crippen molar-refractivity contribution in [2.75, 3.05) is 20.1 Å². The molecule has 1 saturated heterocycles. The molecular formula is C14H20N2OS. The first kappa shape index (κ1) is 13.4. The molecule has 0 radical (unpaired) electrons. The number of carbonyl (C=O) groups is 1. The highest BCUT2D eigenvalue weighted by atomic mass is 32.1. The fourth-order valence-corrected chi connectivity index (χ4v) is 2.57. The first-order chi connectivity index (χ1) is 8.65. The standard InChI is InChI=1S/C14H20N2OS/c1-16-8-7-12(10-16)15-14(17)13(18)9-11-5-3-2-4-6-11/h2-6,12-13,18H,7-10H2,1H3,(H,15,17). The summed E-state index contributed by atoms with van der Waals surface area (Å²) in [6.45, 7) is 2.00. The lowest BCUT2D eigenvalue weighted by Crippen LogP contribution is -2.41. The maximum absolute atomic E-state index is 12.0. The number of thiol groups is 1. The minimum absolute atomic E-state index is 0.0440. The number of nitrogens with zero attached hydrogens (tertiary/aromatic N) is 1. The second-order valence-electron chi connectivity index (χ2n) is 4.96. The Morgan fingerprint density at radius 3 is 2.83 bits per heavy atom. The smallest absolute Gasteiger partial charge is 0.233 e. The van der Waals surface area contributed by atoms with Crippen LogP contribution in [0, 0.1) is 0 Å². The van der Waals surface area contributed by atoms with E-state index in [1.54, 1.807) is 0 Å². The van der Waals surface area contributed by atoms with E-state index in [1.165, 1.54) is 0 Å². The van der Waals surface area contributed by atoms with Crippen molar-refractivity contribution in [1.82, 2.24) is 10.2 Å². The van der Waals surface area contributed by atoms with Crippen LogP contribution in [0.25, 0.3) is 0 Å². The lowest BCUT2D eigenvalue weighted by Gasteiger charge is -2.16. The highest BCUT2D eigenvalue weighted by Crippen LogP contribution is 2.10. The summed E-state index contributed by atoms with van der Waals surface area (Å²) < 4.78 is 0. The van der Waals surface area contributed by atoms with E-state index in [1.807, 2.05) is 30.3 Å². The number of benzene rings is 1. The molecule has 0 aliphatic carbocycles. The molecule has 18 heavy (non-hydrogen) atoms. The summed E-state index contributed by atoms with van der Waals surface area (Å²) in [4.78, 5) is 14.2. The van der Waals surface area contributed by atoms with Crippen LogP contribution in [0.3, 0.4) is 0 Å². The number of amides is 1. The van der Waals surface area contributed by atoms with Crippen LogP contribution in [0.2, 0.25) is 0 Å². The third kappa shape index (κ3) is 3.75. The summed E-state index contributed by atoms with van der Waals surface area (Å²) in [5.41, 5.74) is 1.15. The monoisotopic (exact) mass is 264 g/mol. The van der Waals surface area contributed by atoms with E-state index in [4.69, 9.17) is 0 Å². The number of likely N-dealkylation sites (N-methyl/N-ethyl adjacent to an activating group) is 1. The molecule has 1 aromatic rings. The Balaban J connectivity index is 1.82. The van der Waals surface area contributed by atoms with Crippen LogP contribution in [-0.2, 0) is 11.2 Å². The average Bonchev–Trinajstić information content (AvgIpc) is 2.76. The molecule has 0 saturated carbocycles. The van der Waals surface area contributed by atoms with Gasteiger partial charge in [0.25, 0.3) is 0 Å². The van der Waals surface area contributed by atoms with Crippen molar-refractivity contribution >= 4 is 18.5 Å². The summed E-state index contributed by atoms with van der Waals surface area (Å²) in [6.07, 6.45) is 1.71. The van der Waals surface area contributed by atoms with Gasteiger partial charge < -0.3 is 10.2 Å². The Bertz CT molecular complexity index is 396. The Hall–Kier alpha value is -1.00. The third-order valence-electron chi connectivity index (χ3n) is 3.31. The predicted octanol–water partition coefficient (Wildman–Crippen LogP) is 1.35. The lowest BCUT2D eigenvalue weighted by atomic mass is 10.1. The van der Waals surface area contributed by atoms with Crippen molar-refractivity contribution in [3.8, 4) is 0 Å². The largest absolute Gasteiger partial charge is 0.351 e. The van der Waals surface area contributed by atoms with Crippen molar-refractivity contribution in [1.29, 1.82) is 0 Å². The summed E-state index contributed by atoms with van der Waals surface area (Å²) in [7, 11) is 2.08. The first-order valence-corrected chi connectivity index (χ1v) is 6.87. The van der Waals surface area contributed by atoms with Gasteiger partial charge in [-0.05, 0) is 32.0 Å². The molecule has 1 heterocycles. The highest BCUT2D eigenvalue weighted by molar-refractivity contribution is 7.81. The molecule has 1 amide bonds. The van der Waals surface area contributed by atoms with Crippen molar-refractivity contribution in [2.24, 2.45) is 0 Å². The number of nitrogens with one attached hydrogen (secondary N) is 1. The maximum Gasteiger partial charge on any atom is 0.233 e. The number of hydrogen-bond acceptors (Lipinski definition) is 3. The van der Waals surface area contributed by atoms with Gasteiger partial charge in [0.1, 0.15) is 0 Å². The fourth-order valence-electron chi connectivity index (χ4n) is 2.28. The van der Waals surface area contributed by atoms with E-state index in [0.29, 0.717) is 6.42 Å². The van der Waals surface area contributed by atoms with E-state index in [-0.39, 0.29) is 17.2 Å². The van der Waals surface area contributed by atoms with E-state index < -0.39 is 0 Å². The molecule has 2 atom stereocenters. The normalized spacial score (nSPS) is 21.8. The molecular weight excluding hydrogens is 244 g/mol. The molecule has 98 valence electrons. The Morgan fingerprint density at radius 1 is 1.50 bits per heavy atom. The Morgan fingerprint density at radius 2 is 2.22 bits per heavy atom.